The minimum atomic E-state index is -0.660. The summed E-state index contributed by atoms with van der Waals surface area (Å²) in [6, 6.07) is -0.538. The highest BCUT2D eigenvalue weighted by Crippen LogP contribution is 2.18. The van der Waals surface area contributed by atoms with Crippen LogP contribution in [0.2, 0.25) is 0 Å². The molecule has 0 aromatic carbocycles. The molecule has 2 unspecified atom stereocenters. The Bertz CT molecular complexity index is 1140. The average molecular weight is 1030 g/mol. The first-order valence-corrected chi connectivity index (χ1v) is 33.1. The Morgan fingerprint density at radius 2 is 0.685 bits per heavy atom. The van der Waals surface area contributed by atoms with Crippen LogP contribution in [0.5, 0.6) is 0 Å². The summed E-state index contributed by atoms with van der Waals surface area (Å²) in [7, 11) is 0. The molecule has 432 valence electrons. The Kier molecular flexibility index (Phi) is 61.4. The molecule has 1 amide bonds. The number of rotatable bonds is 62. The first-order valence-electron chi connectivity index (χ1n) is 33.1. The third-order valence-electron chi connectivity index (χ3n) is 15.5. The number of aliphatic hydroxyl groups is 2. The van der Waals surface area contributed by atoms with Gasteiger partial charge in [-0.3, -0.25) is 9.59 Å². The molecular formula is C67H129NO5. The van der Waals surface area contributed by atoms with Crippen molar-refractivity contribution in [1.82, 2.24) is 5.32 Å². The minimum Gasteiger partial charge on any atom is -0.466 e. The van der Waals surface area contributed by atoms with Crippen molar-refractivity contribution in [2.75, 3.05) is 13.2 Å². The normalized spacial score (nSPS) is 12.7. The van der Waals surface area contributed by atoms with Gasteiger partial charge in [0.25, 0.3) is 0 Å². The van der Waals surface area contributed by atoms with Gasteiger partial charge in [0, 0.05) is 12.8 Å². The molecule has 0 saturated carbocycles. The molecule has 2 atom stereocenters. The Morgan fingerprint density at radius 3 is 1.04 bits per heavy atom. The van der Waals surface area contributed by atoms with Crippen molar-refractivity contribution in [3.05, 3.63) is 24.3 Å². The van der Waals surface area contributed by atoms with Crippen LogP contribution in [0.15, 0.2) is 24.3 Å². The van der Waals surface area contributed by atoms with E-state index in [0.717, 1.165) is 44.9 Å². The van der Waals surface area contributed by atoms with Crippen molar-refractivity contribution in [3.8, 4) is 0 Å². The van der Waals surface area contributed by atoms with Gasteiger partial charge in [-0.2, -0.15) is 0 Å². The molecule has 3 N–H and O–H groups in total. The monoisotopic (exact) mass is 1030 g/mol. The topological polar surface area (TPSA) is 95.9 Å². The van der Waals surface area contributed by atoms with Crippen LogP contribution < -0.4 is 5.32 Å². The number of carbonyl (C=O) groups excluding carboxylic acids is 2. The molecule has 6 nitrogen and oxygen atoms in total. The van der Waals surface area contributed by atoms with Gasteiger partial charge in [0.2, 0.25) is 5.91 Å². The van der Waals surface area contributed by atoms with E-state index in [2.05, 4.69) is 43.5 Å². The Labute approximate surface area is 456 Å². The zero-order valence-corrected chi connectivity index (χ0v) is 49.4. The van der Waals surface area contributed by atoms with Crippen LogP contribution >= 0.6 is 0 Å². The molecular weight excluding hydrogens is 899 g/mol. The predicted octanol–water partition coefficient (Wildman–Crippen LogP) is 21.0. The summed E-state index contributed by atoms with van der Waals surface area (Å²) in [5.41, 5.74) is 0. The molecule has 0 aliphatic rings. The van der Waals surface area contributed by atoms with E-state index in [0.29, 0.717) is 25.9 Å². The zero-order valence-electron chi connectivity index (χ0n) is 49.4. The number of amides is 1. The fourth-order valence-electron chi connectivity index (χ4n) is 10.4. The highest BCUT2D eigenvalue weighted by atomic mass is 16.5. The molecule has 0 aliphatic heterocycles. The van der Waals surface area contributed by atoms with E-state index in [-0.39, 0.29) is 18.5 Å². The van der Waals surface area contributed by atoms with Crippen LogP contribution in [0.3, 0.4) is 0 Å². The van der Waals surface area contributed by atoms with Crippen LogP contribution in [0.25, 0.3) is 0 Å². The molecule has 0 aliphatic carbocycles. The Hall–Kier alpha value is -1.66. The average Bonchev–Trinajstić information content (AvgIpc) is 3.39. The van der Waals surface area contributed by atoms with Gasteiger partial charge in [-0.15, -0.1) is 0 Å². The second-order valence-electron chi connectivity index (χ2n) is 22.8. The van der Waals surface area contributed by atoms with Gasteiger partial charge in [-0.05, 0) is 57.8 Å². The summed E-state index contributed by atoms with van der Waals surface area (Å²) in [5.74, 6) is -0.0172. The SMILES string of the molecule is CCCCCCCCCCCCCCCC(=O)OCCCCCCCCCCC/C=C\C/C=C\CCCCCCCCCCCCCCCCCCCC(=O)NC(CO)C(O)CCCCCCCCCCCC. The molecule has 0 aromatic rings. The number of esters is 1. The maximum absolute atomic E-state index is 12.4. The number of carbonyl (C=O) groups is 2. The molecule has 6 heteroatoms. The van der Waals surface area contributed by atoms with Gasteiger partial charge in [-0.25, -0.2) is 0 Å². The van der Waals surface area contributed by atoms with Gasteiger partial charge >= 0.3 is 5.97 Å². The van der Waals surface area contributed by atoms with Crippen molar-refractivity contribution in [1.29, 1.82) is 0 Å². The first-order chi connectivity index (χ1) is 36.0. The van der Waals surface area contributed by atoms with E-state index < -0.39 is 12.1 Å². The van der Waals surface area contributed by atoms with E-state index in [4.69, 9.17) is 4.74 Å². The predicted molar refractivity (Wildman–Crippen MR) is 320 cm³/mol. The van der Waals surface area contributed by atoms with Crippen molar-refractivity contribution in [2.24, 2.45) is 0 Å². The van der Waals surface area contributed by atoms with E-state index >= 15 is 0 Å². The molecule has 0 radical (unpaired) electrons. The third-order valence-corrected chi connectivity index (χ3v) is 15.5. The number of nitrogens with one attached hydrogen (secondary N) is 1. The summed E-state index contributed by atoms with van der Waals surface area (Å²) >= 11 is 0. The molecule has 0 saturated heterocycles. The lowest BCUT2D eigenvalue weighted by atomic mass is 10.0. The summed E-state index contributed by atoms with van der Waals surface area (Å²) in [4.78, 5) is 24.5. The second kappa shape index (κ2) is 62.9. The van der Waals surface area contributed by atoms with E-state index in [1.54, 1.807) is 0 Å². The highest BCUT2D eigenvalue weighted by Gasteiger charge is 2.20. The largest absolute Gasteiger partial charge is 0.466 e. The molecule has 0 rings (SSSR count). The zero-order chi connectivity index (χ0) is 52.9. The van der Waals surface area contributed by atoms with Crippen molar-refractivity contribution >= 4 is 11.9 Å². The van der Waals surface area contributed by atoms with E-state index in [9.17, 15) is 19.8 Å². The van der Waals surface area contributed by atoms with Crippen molar-refractivity contribution in [2.45, 2.75) is 379 Å². The van der Waals surface area contributed by atoms with Crippen molar-refractivity contribution in [3.63, 3.8) is 0 Å². The maximum Gasteiger partial charge on any atom is 0.305 e. The lowest BCUT2D eigenvalue weighted by Gasteiger charge is -2.22. The number of allylic oxidation sites excluding steroid dienone is 4. The van der Waals surface area contributed by atoms with Gasteiger partial charge in [0.05, 0.1) is 25.4 Å². The smallest absolute Gasteiger partial charge is 0.305 e. The summed E-state index contributed by atoms with van der Waals surface area (Å²) < 4.78 is 5.48. The summed E-state index contributed by atoms with van der Waals surface area (Å²) in [5, 5.41) is 23.2. The summed E-state index contributed by atoms with van der Waals surface area (Å²) in [6.07, 6.45) is 78.0. The quantitative estimate of drug-likeness (QED) is 0.0320. The molecule has 0 spiro atoms. The van der Waals surface area contributed by atoms with Crippen LogP contribution in [0.4, 0.5) is 0 Å². The lowest BCUT2D eigenvalue weighted by molar-refractivity contribution is -0.143. The second-order valence-corrected chi connectivity index (χ2v) is 22.8. The third kappa shape index (κ3) is 59.4. The van der Waals surface area contributed by atoms with Crippen LogP contribution in [-0.4, -0.2) is 47.4 Å². The van der Waals surface area contributed by atoms with E-state index in [1.165, 1.54) is 289 Å². The van der Waals surface area contributed by atoms with Crippen molar-refractivity contribution < 1.29 is 24.5 Å². The number of ether oxygens (including phenoxy) is 1. The van der Waals surface area contributed by atoms with Crippen LogP contribution in [0, 0.1) is 0 Å². The number of aliphatic hydroxyl groups excluding tert-OH is 2. The number of hydrogen-bond donors (Lipinski definition) is 3. The Morgan fingerprint density at radius 1 is 0.384 bits per heavy atom. The van der Waals surface area contributed by atoms with Gasteiger partial charge in [0.15, 0.2) is 0 Å². The van der Waals surface area contributed by atoms with Crippen LogP contribution in [0.1, 0.15) is 367 Å². The van der Waals surface area contributed by atoms with Gasteiger partial charge < -0.3 is 20.3 Å². The fourth-order valence-corrected chi connectivity index (χ4v) is 10.4. The molecule has 0 heterocycles. The fraction of sp³-hybridized carbons (Fsp3) is 0.910. The van der Waals surface area contributed by atoms with E-state index in [1.807, 2.05) is 0 Å². The maximum atomic E-state index is 12.4. The Balaban J connectivity index is 3.35. The first kappa shape index (κ1) is 71.3. The standard InChI is InChI=1S/C67H129NO5/c1-3-5-7-9-11-13-15-37-41-45-49-53-57-61-67(72)73-62-58-54-50-46-42-39-36-34-32-30-28-26-24-22-20-18-16-17-19-21-23-25-27-29-31-33-35-38-40-44-48-52-56-60-66(71)68-64(63-69)65(70)59-55-51-47-43-14-12-10-8-6-4-2/h20,22,26,28,64-65,69-70H,3-19,21,23-25,27,29-63H2,1-2H3,(H,68,71)/b22-20-,28-26-. The minimum absolute atomic E-state index is 0.0160. The number of unbranched alkanes of at least 4 members (excludes halogenated alkanes) is 47. The number of hydrogen-bond acceptors (Lipinski definition) is 5. The molecule has 0 bridgehead atoms. The molecule has 0 aromatic heterocycles. The van der Waals surface area contributed by atoms with Gasteiger partial charge in [0.1, 0.15) is 0 Å². The molecule has 73 heavy (non-hydrogen) atoms. The summed E-state index contributed by atoms with van der Waals surface area (Å²) in [6.45, 7) is 4.96. The molecule has 0 fully saturated rings. The van der Waals surface area contributed by atoms with Crippen LogP contribution in [-0.2, 0) is 14.3 Å². The lowest BCUT2D eigenvalue weighted by Crippen LogP contribution is -2.45. The highest BCUT2D eigenvalue weighted by molar-refractivity contribution is 5.76. The van der Waals surface area contributed by atoms with Gasteiger partial charge in [-0.1, -0.05) is 321 Å².